The summed E-state index contributed by atoms with van der Waals surface area (Å²) in [6.07, 6.45) is 1.16. The molecule has 10 nitrogen and oxygen atoms in total. The molecule has 2 aromatic carbocycles. The van der Waals surface area contributed by atoms with E-state index in [2.05, 4.69) is 11.4 Å². The first-order valence-electron chi connectivity index (χ1n) is 12.9. The summed E-state index contributed by atoms with van der Waals surface area (Å²) in [7, 11) is 0. The summed E-state index contributed by atoms with van der Waals surface area (Å²) >= 11 is 6.17. The largest absolute Gasteiger partial charge is 0.479 e. The second-order valence-corrected chi connectivity index (χ2v) is 9.91. The molecular formula is C28H33ClN2O8. The van der Waals surface area contributed by atoms with Crippen molar-refractivity contribution in [2.45, 2.75) is 57.2 Å². The van der Waals surface area contributed by atoms with Crippen LogP contribution >= 0.6 is 11.6 Å². The molecule has 0 radical (unpaired) electrons. The molecule has 0 unspecified atom stereocenters. The summed E-state index contributed by atoms with van der Waals surface area (Å²) in [4.78, 5) is 46.3. The summed E-state index contributed by atoms with van der Waals surface area (Å²) in [6.45, 7) is 2.60. The zero-order valence-corrected chi connectivity index (χ0v) is 22.2. The fraction of sp³-hybridized carbons (Fsp3) is 0.429. The minimum atomic E-state index is -2.27. The lowest BCUT2D eigenvalue weighted by Gasteiger charge is -2.25. The van der Waals surface area contributed by atoms with Crippen LogP contribution in [0.4, 0.5) is 5.69 Å². The van der Waals surface area contributed by atoms with Crippen LogP contribution in [0.5, 0.6) is 0 Å². The Morgan fingerprint density at radius 1 is 0.974 bits per heavy atom. The number of amides is 1. The normalized spacial score (nSPS) is 15.2. The van der Waals surface area contributed by atoms with Crippen molar-refractivity contribution in [1.82, 2.24) is 5.32 Å². The molecule has 0 fully saturated rings. The standard InChI is InChI=1S/C24H27ClN2O2.C4H6O6/c25-21-8-2-1-6-17(21)10-12-26-11-4-3-9-22(28)19-14-18-7-5-13-27-23(29)16-20(15-19)24(18)27;5-1(3(7)8)2(6)4(9)10/h1-2,6,8,14-15,26H,3-5,7,9-13,16H2;1-2,5-6H,(H,7,8)(H,9,10)/t;1-,2-/m.1/s1. The molecule has 1 amide bonds. The number of nitrogens with zero attached hydrogens (tertiary/aromatic N) is 1. The average Bonchev–Trinajstić information content (AvgIpc) is 3.24. The van der Waals surface area contributed by atoms with E-state index in [9.17, 15) is 19.2 Å². The van der Waals surface area contributed by atoms with E-state index in [1.165, 1.54) is 5.56 Å². The maximum absolute atomic E-state index is 12.7. The van der Waals surface area contributed by atoms with Crippen molar-refractivity contribution in [1.29, 1.82) is 0 Å². The van der Waals surface area contributed by atoms with Gasteiger partial charge in [0.1, 0.15) is 0 Å². The van der Waals surface area contributed by atoms with Gasteiger partial charge >= 0.3 is 11.9 Å². The van der Waals surface area contributed by atoms with Crippen LogP contribution in [0.25, 0.3) is 0 Å². The van der Waals surface area contributed by atoms with Crippen LogP contribution in [-0.4, -0.2) is 75.9 Å². The van der Waals surface area contributed by atoms with Gasteiger partial charge in [-0.05, 0) is 80.1 Å². The molecule has 210 valence electrons. The molecule has 0 saturated carbocycles. The number of carbonyl (C=O) groups excluding carboxylic acids is 2. The molecule has 39 heavy (non-hydrogen) atoms. The van der Waals surface area contributed by atoms with E-state index in [1.807, 2.05) is 35.2 Å². The van der Waals surface area contributed by atoms with Gasteiger partial charge in [-0.15, -0.1) is 0 Å². The van der Waals surface area contributed by atoms with E-state index in [-0.39, 0.29) is 11.7 Å². The molecule has 0 aliphatic carbocycles. The highest BCUT2D eigenvalue weighted by molar-refractivity contribution is 6.31. The zero-order valence-electron chi connectivity index (χ0n) is 21.4. The summed E-state index contributed by atoms with van der Waals surface area (Å²) in [5, 5.41) is 36.8. The first-order valence-corrected chi connectivity index (χ1v) is 13.2. The Balaban J connectivity index is 0.000000360. The number of aliphatic hydroxyl groups excluding tert-OH is 2. The Hall–Kier alpha value is -3.31. The predicted molar refractivity (Wildman–Crippen MR) is 144 cm³/mol. The van der Waals surface area contributed by atoms with Crippen LogP contribution in [0.2, 0.25) is 5.02 Å². The van der Waals surface area contributed by atoms with Gasteiger partial charge in [0.2, 0.25) is 5.91 Å². The number of halogens is 1. The topological polar surface area (TPSA) is 164 Å². The number of nitrogens with one attached hydrogen (secondary N) is 1. The summed E-state index contributed by atoms with van der Waals surface area (Å²) in [5.74, 6) is -3.17. The number of benzene rings is 2. The molecule has 2 aromatic rings. The molecule has 2 aliphatic heterocycles. The third-order valence-corrected chi connectivity index (χ3v) is 7.04. The third kappa shape index (κ3) is 8.09. The van der Waals surface area contributed by atoms with Crippen LogP contribution in [0, 0.1) is 0 Å². The number of rotatable bonds is 12. The molecule has 5 N–H and O–H groups in total. The SMILES string of the molecule is O=C(CCCCNCCc1ccccc1Cl)c1cc2c3c(c1)CC(=O)N3CCC2.O=C(O)[C@H](O)[C@@H](O)C(=O)O. The number of unbranched alkanes of at least 4 members (excludes halogenated alkanes) is 1. The highest BCUT2D eigenvalue weighted by Crippen LogP contribution is 2.37. The van der Waals surface area contributed by atoms with Gasteiger partial charge in [0, 0.05) is 23.6 Å². The van der Waals surface area contributed by atoms with Gasteiger partial charge in [0.15, 0.2) is 18.0 Å². The zero-order chi connectivity index (χ0) is 28.5. The summed E-state index contributed by atoms with van der Waals surface area (Å²) in [5.41, 5.74) is 5.23. The highest BCUT2D eigenvalue weighted by Gasteiger charge is 2.33. The minimum absolute atomic E-state index is 0.174. The Morgan fingerprint density at radius 3 is 2.31 bits per heavy atom. The quantitative estimate of drug-likeness (QED) is 0.193. The number of hydrogen-bond donors (Lipinski definition) is 5. The van der Waals surface area contributed by atoms with E-state index >= 15 is 0 Å². The smallest absolute Gasteiger partial charge is 0.335 e. The van der Waals surface area contributed by atoms with E-state index in [0.29, 0.717) is 12.8 Å². The number of Topliss-reactive ketones (excluding diaryl/α,β-unsaturated/α-hetero) is 1. The van der Waals surface area contributed by atoms with Gasteiger partial charge in [-0.1, -0.05) is 29.8 Å². The van der Waals surface area contributed by atoms with Crippen molar-refractivity contribution < 1.29 is 39.6 Å². The van der Waals surface area contributed by atoms with E-state index < -0.39 is 24.1 Å². The van der Waals surface area contributed by atoms with Crippen molar-refractivity contribution in [3.8, 4) is 0 Å². The number of hydrogen-bond acceptors (Lipinski definition) is 7. The molecule has 2 heterocycles. The van der Waals surface area contributed by atoms with Crippen molar-refractivity contribution in [3.63, 3.8) is 0 Å². The fourth-order valence-electron chi connectivity index (χ4n) is 4.64. The number of aliphatic carboxylic acids is 2. The Labute approximate surface area is 231 Å². The number of aryl methyl sites for hydroxylation is 1. The van der Waals surface area contributed by atoms with Gasteiger partial charge in [0.25, 0.3) is 0 Å². The molecule has 11 heteroatoms. The monoisotopic (exact) mass is 560 g/mol. The molecular weight excluding hydrogens is 528 g/mol. The lowest BCUT2D eigenvalue weighted by Crippen LogP contribution is -2.39. The van der Waals surface area contributed by atoms with Crippen LogP contribution < -0.4 is 10.2 Å². The van der Waals surface area contributed by atoms with Gasteiger partial charge < -0.3 is 30.6 Å². The maximum atomic E-state index is 12.7. The van der Waals surface area contributed by atoms with E-state index in [0.717, 1.165) is 79.1 Å². The summed E-state index contributed by atoms with van der Waals surface area (Å²) in [6, 6.07) is 11.9. The van der Waals surface area contributed by atoms with Crippen molar-refractivity contribution in [3.05, 3.63) is 63.7 Å². The molecule has 2 atom stereocenters. The molecule has 2 aliphatic rings. The number of carboxylic acids is 2. The number of ketones is 1. The number of aliphatic hydroxyl groups is 2. The van der Waals surface area contributed by atoms with Crippen molar-refractivity contribution >= 4 is 40.9 Å². The fourth-order valence-corrected chi connectivity index (χ4v) is 4.87. The minimum Gasteiger partial charge on any atom is -0.479 e. The first kappa shape index (κ1) is 30.2. The van der Waals surface area contributed by atoms with Crippen LogP contribution in [-0.2, 0) is 33.6 Å². The van der Waals surface area contributed by atoms with Gasteiger partial charge in [-0.2, -0.15) is 0 Å². The van der Waals surface area contributed by atoms with Gasteiger partial charge in [-0.25, -0.2) is 9.59 Å². The lowest BCUT2D eigenvalue weighted by molar-refractivity contribution is -0.165. The van der Waals surface area contributed by atoms with Gasteiger partial charge in [-0.3, -0.25) is 9.59 Å². The Morgan fingerprint density at radius 2 is 1.64 bits per heavy atom. The molecule has 4 rings (SSSR count). The molecule has 0 saturated heterocycles. The predicted octanol–water partition coefficient (Wildman–Crippen LogP) is 2.24. The molecule has 0 spiro atoms. The van der Waals surface area contributed by atoms with Gasteiger partial charge in [0.05, 0.1) is 12.1 Å². The number of anilines is 1. The van der Waals surface area contributed by atoms with Crippen molar-refractivity contribution in [2.75, 3.05) is 24.5 Å². The highest BCUT2D eigenvalue weighted by atomic mass is 35.5. The number of carbonyl (C=O) groups is 4. The Kier molecular flexibility index (Phi) is 11.0. The lowest BCUT2D eigenvalue weighted by atomic mass is 9.94. The molecule has 0 bridgehead atoms. The number of carboxylic acid groups (broad SMARTS) is 2. The first-order chi connectivity index (χ1) is 18.6. The van der Waals surface area contributed by atoms with Crippen molar-refractivity contribution in [2.24, 2.45) is 0 Å². The van der Waals surface area contributed by atoms with Crippen LogP contribution in [0.15, 0.2) is 36.4 Å². The van der Waals surface area contributed by atoms with E-state index in [1.54, 1.807) is 0 Å². The second kappa shape index (κ2) is 14.2. The maximum Gasteiger partial charge on any atom is 0.335 e. The second-order valence-electron chi connectivity index (χ2n) is 9.51. The average molecular weight is 561 g/mol. The van der Waals surface area contributed by atoms with Crippen LogP contribution in [0.3, 0.4) is 0 Å². The van der Waals surface area contributed by atoms with E-state index in [4.69, 9.17) is 32.0 Å². The summed E-state index contributed by atoms with van der Waals surface area (Å²) < 4.78 is 0. The third-order valence-electron chi connectivity index (χ3n) is 6.67. The van der Waals surface area contributed by atoms with Crippen LogP contribution in [0.1, 0.15) is 52.7 Å². The molecule has 0 aromatic heterocycles. The Bertz CT molecular complexity index is 1200.